The highest BCUT2D eigenvalue weighted by atomic mass is 16.6. The van der Waals surface area contributed by atoms with Crippen molar-refractivity contribution in [1.82, 2.24) is 4.90 Å². The first-order valence-corrected chi connectivity index (χ1v) is 8.51. The van der Waals surface area contributed by atoms with E-state index in [-0.39, 0.29) is 49.2 Å². The first-order valence-electron chi connectivity index (χ1n) is 8.51. The van der Waals surface area contributed by atoms with E-state index in [4.69, 9.17) is 4.74 Å². The van der Waals surface area contributed by atoms with E-state index in [9.17, 15) is 24.5 Å². The van der Waals surface area contributed by atoms with Crippen molar-refractivity contribution in [2.45, 2.75) is 19.4 Å². The number of rotatable bonds is 7. The van der Waals surface area contributed by atoms with Gasteiger partial charge in [-0.1, -0.05) is 18.2 Å². The van der Waals surface area contributed by atoms with Crippen molar-refractivity contribution in [3.05, 3.63) is 64.2 Å². The van der Waals surface area contributed by atoms with Crippen LogP contribution in [-0.4, -0.2) is 34.2 Å². The second-order valence-corrected chi connectivity index (χ2v) is 6.16. The molecule has 0 aromatic heterocycles. The summed E-state index contributed by atoms with van der Waals surface area (Å²) in [5.74, 6) is -0.565. The van der Waals surface area contributed by atoms with Crippen LogP contribution in [0.2, 0.25) is 0 Å². The fourth-order valence-corrected chi connectivity index (χ4v) is 2.71. The predicted molar refractivity (Wildman–Crippen MR) is 98.5 cm³/mol. The molecule has 3 amide bonds. The van der Waals surface area contributed by atoms with E-state index in [0.29, 0.717) is 5.69 Å². The fraction of sp³-hybridized carbons (Fsp3) is 0.211. The van der Waals surface area contributed by atoms with E-state index in [1.165, 1.54) is 29.2 Å². The molecule has 0 atom stereocenters. The van der Waals surface area contributed by atoms with Crippen molar-refractivity contribution in [1.29, 1.82) is 0 Å². The van der Waals surface area contributed by atoms with Gasteiger partial charge in [0.05, 0.1) is 17.5 Å². The van der Waals surface area contributed by atoms with Gasteiger partial charge in [-0.2, -0.15) is 0 Å². The van der Waals surface area contributed by atoms with E-state index >= 15 is 0 Å². The Morgan fingerprint density at radius 2 is 1.79 bits per heavy atom. The molecule has 2 aromatic carbocycles. The molecular formula is C19H17N3O6. The van der Waals surface area contributed by atoms with Crippen LogP contribution in [0.15, 0.2) is 48.5 Å². The van der Waals surface area contributed by atoms with Gasteiger partial charge in [0.15, 0.2) is 6.61 Å². The molecule has 0 aliphatic carbocycles. The van der Waals surface area contributed by atoms with Gasteiger partial charge in [-0.05, 0) is 23.8 Å². The van der Waals surface area contributed by atoms with Gasteiger partial charge in [0.1, 0.15) is 5.75 Å². The van der Waals surface area contributed by atoms with Gasteiger partial charge >= 0.3 is 0 Å². The predicted octanol–water partition coefficient (Wildman–Crippen LogP) is 2.26. The Bertz CT molecular complexity index is 910. The monoisotopic (exact) mass is 383 g/mol. The molecule has 1 saturated heterocycles. The Morgan fingerprint density at radius 3 is 2.43 bits per heavy atom. The Kier molecular flexibility index (Phi) is 5.64. The van der Waals surface area contributed by atoms with E-state index in [1.807, 2.05) is 0 Å². The Balaban J connectivity index is 1.51. The minimum absolute atomic E-state index is 0.122. The second kappa shape index (κ2) is 8.30. The number of benzene rings is 2. The molecule has 0 bridgehead atoms. The zero-order valence-electron chi connectivity index (χ0n) is 14.8. The normalized spacial score (nSPS) is 13.5. The molecular weight excluding hydrogens is 366 g/mol. The van der Waals surface area contributed by atoms with E-state index in [0.717, 1.165) is 5.56 Å². The molecule has 1 fully saturated rings. The van der Waals surface area contributed by atoms with Crippen molar-refractivity contribution in [2.75, 3.05) is 11.9 Å². The summed E-state index contributed by atoms with van der Waals surface area (Å²) in [5.41, 5.74) is 1.17. The number of hydrogen-bond donors (Lipinski definition) is 1. The number of nitro groups is 1. The minimum Gasteiger partial charge on any atom is -0.484 e. The molecule has 1 aliphatic heterocycles. The molecule has 9 heteroatoms. The summed E-state index contributed by atoms with van der Waals surface area (Å²) in [6, 6.07) is 12.3. The number of likely N-dealkylation sites (tertiary alicyclic amines) is 1. The summed E-state index contributed by atoms with van der Waals surface area (Å²) in [6.45, 7) is -0.0957. The van der Waals surface area contributed by atoms with E-state index in [2.05, 4.69) is 5.32 Å². The standard InChI is InChI=1S/C19H17N3O6/c23-17(12-28-16-3-1-2-15(10-16)22(26)27)20-14-6-4-13(5-7-14)11-21-18(24)8-9-19(21)25/h1-7,10H,8-9,11-12H2,(H,20,23). The molecule has 1 aliphatic rings. The van der Waals surface area contributed by atoms with Gasteiger partial charge in [0.25, 0.3) is 11.6 Å². The third kappa shape index (κ3) is 4.70. The molecule has 2 aromatic rings. The quantitative estimate of drug-likeness (QED) is 0.445. The van der Waals surface area contributed by atoms with Crippen LogP contribution >= 0.6 is 0 Å². The Labute approximate surface area is 160 Å². The highest BCUT2D eigenvalue weighted by Gasteiger charge is 2.28. The van der Waals surface area contributed by atoms with Crippen molar-refractivity contribution in [2.24, 2.45) is 0 Å². The number of non-ortho nitro benzene ring substituents is 1. The molecule has 144 valence electrons. The molecule has 3 rings (SSSR count). The number of nitrogens with zero attached hydrogens (tertiary/aromatic N) is 2. The van der Waals surface area contributed by atoms with Gasteiger partial charge in [-0.25, -0.2) is 0 Å². The number of imide groups is 1. The Morgan fingerprint density at radius 1 is 1.11 bits per heavy atom. The smallest absolute Gasteiger partial charge is 0.273 e. The summed E-state index contributed by atoms with van der Waals surface area (Å²) < 4.78 is 5.27. The van der Waals surface area contributed by atoms with Gasteiger partial charge in [0, 0.05) is 24.6 Å². The number of ether oxygens (including phenoxy) is 1. The molecule has 28 heavy (non-hydrogen) atoms. The molecule has 1 heterocycles. The van der Waals surface area contributed by atoms with Crippen LogP contribution < -0.4 is 10.1 Å². The van der Waals surface area contributed by atoms with Gasteiger partial charge < -0.3 is 10.1 Å². The van der Waals surface area contributed by atoms with Crippen LogP contribution in [0.5, 0.6) is 5.75 Å². The van der Waals surface area contributed by atoms with Crippen molar-refractivity contribution < 1.29 is 24.0 Å². The zero-order chi connectivity index (χ0) is 20.1. The fourth-order valence-electron chi connectivity index (χ4n) is 2.71. The number of amides is 3. The zero-order valence-corrected chi connectivity index (χ0v) is 14.8. The SMILES string of the molecule is O=C(COc1cccc([N+](=O)[O-])c1)Nc1ccc(CN2C(=O)CCC2=O)cc1. The van der Waals surface area contributed by atoms with Crippen LogP contribution in [0.25, 0.3) is 0 Å². The van der Waals surface area contributed by atoms with Crippen LogP contribution in [0.4, 0.5) is 11.4 Å². The van der Waals surface area contributed by atoms with Gasteiger partial charge in [-0.3, -0.25) is 29.4 Å². The van der Waals surface area contributed by atoms with E-state index in [1.54, 1.807) is 24.3 Å². The van der Waals surface area contributed by atoms with Gasteiger partial charge in [0.2, 0.25) is 11.8 Å². The topological polar surface area (TPSA) is 119 Å². The number of carbonyl (C=O) groups is 3. The van der Waals surface area contributed by atoms with Crippen LogP contribution in [0.1, 0.15) is 18.4 Å². The highest BCUT2D eigenvalue weighted by molar-refractivity contribution is 6.01. The third-order valence-corrected chi connectivity index (χ3v) is 4.13. The molecule has 0 saturated carbocycles. The maximum Gasteiger partial charge on any atom is 0.273 e. The first kappa shape index (κ1) is 19.0. The van der Waals surface area contributed by atoms with Gasteiger partial charge in [-0.15, -0.1) is 0 Å². The number of nitro benzene ring substituents is 1. The molecule has 1 N–H and O–H groups in total. The average Bonchev–Trinajstić information content (AvgIpc) is 3.00. The maximum absolute atomic E-state index is 12.0. The van der Waals surface area contributed by atoms with Crippen LogP contribution in [0, 0.1) is 10.1 Å². The number of anilines is 1. The van der Waals surface area contributed by atoms with Crippen molar-refractivity contribution in [3.8, 4) is 5.75 Å². The number of nitrogens with one attached hydrogen (secondary N) is 1. The highest BCUT2D eigenvalue weighted by Crippen LogP contribution is 2.20. The maximum atomic E-state index is 12.0. The van der Waals surface area contributed by atoms with Crippen molar-refractivity contribution in [3.63, 3.8) is 0 Å². The summed E-state index contributed by atoms with van der Waals surface area (Å²) >= 11 is 0. The lowest BCUT2D eigenvalue weighted by Gasteiger charge is -2.14. The summed E-state index contributed by atoms with van der Waals surface area (Å²) in [4.78, 5) is 46.7. The third-order valence-electron chi connectivity index (χ3n) is 4.13. The largest absolute Gasteiger partial charge is 0.484 e. The number of hydrogen-bond acceptors (Lipinski definition) is 6. The van der Waals surface area contributed by atoms with Crippen LogP contribution in [-0.2, 0) is 20.9 Å². The van der Waals surface area contributed by atoms with Crippen LogP contribution in [0.3, 0.4) is 0 Å². The summed E-state index contributed by atoms with van der Waals surface area (Å²) in [5, 5.41) is 13.4. The first-order chi connectivity index (χ1) is 13.4. The lowest BCUT2D eigenvalue weighted by atomic mass is 10.2. The minimum atomic E-state index is -0.544. The molecule has 9 nitrogen and oxygen atoms in total. The Hall–Kier alpha value is -3.75. The lowest BCUT2D eigenvalue weighted by Crippen LogP contribution is -2.28. The second-order valence-electron chi connectivity index (χ2n) is 6.16. The molecule has 0 radical (unpaired) electrons. The molecule has 0 spiro atoms. The lowest BCUT2D eigenvalue weighted by molar-refractivity contribution is -0.384. The molecule has 0 unspecified atom stereocenters. The summed E-state index contributed by atoms with van der Waals surface area (Å²) in [7, 11) is 0. The summed E-state index contributed by atoms with van der Waals surface area (Å²) in [6.07, 6.45) is 0.495. The number of carbonyl (C=O) groups excluding carboxylic acids is 3. The average molecular weight is 383 g/mol. The van der Waals surface area contributed by atoms with Crippen molar-refractivity contribution >= 4 is 29.1 Å². The van der Waals surface area contributed by atoms with E-state index < -0.39 is 10.8 Å².